The molecule has 0 spiro atoms. The molecule has 0 aliphatic rings. The average molecular weight is 681 g/mol. The number of unbranched alkanes of at least 4 members (excludes halogenated alkanes) is 24. The van der Waals surface area contributed by atoms with E-state index in [0.717, 1.165) is 63.7 Å². The Hall–Kier alpha value is -1.59. The lowest BCUT2D eigenvalue weighted by molar-refractivity contribution is -0.167. The minimum atomic E-state index is -0.757. The molecule has 0 saturated heterocycles. The van der Waals surface area contributed by atoms with Crippen molar-refractivity contribution in [1.29, 1.82) is 0 Å². The number of rotatable bonds is 37. The Morgan fingerprint density at radius 3 is 1.02 bits per heavy atom. The van der Waals surface area contributed by atoms with Crippen LogP contribution >= 0.6 is 0 Å². The van der Waals surface area contributed by atoms with E-state index in [2.05, 4.69) is 27.7 Å². The van der Waals surface area contributed by atoms with E-state index in [0.29, 0.717) is 19.3 Å². The normalized spacial score (nSPS) is 11.9. The zero-order valence-electron chi connectivity index (χ0n) is 32.4. The van der Waals surface area contributed by atoms with Crippen molar-refractivity contribution >= 4 is 17.9 Å². The summed E-state index contributed by atoms with van der Waals surface area (Å²) in [6, 6.07) is 0. The molecule has 0 rings (SSSR count). The second-order valence-corrected chi connectivity index (χ2v) is 14.7. The zero-order valence-corrected chi connectivity index (χ0v) is 32.4. The molecule has 6 nitrogen and oxygen atoms in total. The van der Waals surface area contributed by atoms with Crippen LogP contribution in [0.25, 0.3) is 0 Å². The number of hydrogen-bond donors (Lipinski definition) is 0. The van der Waals surface area contributed by atoms with Gasteiger partial charge in [0.05, 0.1) is 0 Å². The first-order valence-corrected chi connectivity index (χ1v) is 20.9. The van der Waals surface area contributed by atoms with Gasteiger partial charge < -0.3 is 14.2 Å². The summed E-state index contributed by atoms with van der Waals surface area (Å²) in [6.45, 7) is 8.91. The van der Waals surface area contributed by atoms with E-state index in [1.165, 1.54) is 122 Å². The third-order valence-corrected chi connectivity index (χ3v) is 9.29. The molecule has 0 aromatic heterocycles. The molecule has 0 radical (unpaired) electrons. The topological polar surface area (TPSA) is 78.9 Å². The van der Waals surface area contributed by atoms with Gasteiger partial charge in [0.1, 0.15) is 13.2 Å². The molecular weight excluding hydrogens is 600 g/mol. The SMILES string of the molecule is CCCCCCCCCCCCC(=O)OC[C@@H](COC(=O)CCCCCCCCC)OC(=O)CCCCCCCCCCCCC(C)C. The van der Waals surface area contributed by atoms with Crippen molar-refractivity contribution in [3.63, 3.8) is 0 Å². The summed E-state index contributed by atoms with van der Waals surface area (Å²) in [5, 5.41) is 0. The summed E-state index contributed by atoms with van der Waals surface area (Å²) in [7, 11) is 0. The molecule has 0 aliphatic carbocycles. The molecule has 6 heteroatoms. The van der Waals surface area contributed by atoms with Crippen LogP contribution in [0, 0.1) is 5.92 Å². The molecule has 0 heterocycles. The molecule has 0 fully saturated rings. The van der Waals surface area contributed by atoms with Gasteiger partial charge in [0.2, 0.25) is 0 Å². The Bertz CT molecular complexity index is 721. The summed E-state index contributed by atoms with van der Waals surface area (Å²) in [5.74, 6) is -0.0514. The fraction of sp³-hybridized carbons (Fsp3) is 0.929. The van der Waals surface area contributed by atoms with E-state index in [4.69, 9.17) is 14.2 Å². The highest BCUT2D eigenvalue weighted by Gasteiger charge is 2.19. The van der Waals surface area contributed by atoms with Crippen LogP contribution in [0.4, 0.5) is 0 Å². The van der Waals surface area contributed by atoms with Crippen molar-refractivity contribution < 1.29 is 28.6 Å². The largest absolute Gasteiger partial charge is 0.462 e. The second-order valence-electron chi connectivity index (χ2n) is 14.7. The molecule has 0 aromatic rings. The maximum absolute atomic E-state index is 12.6. The smallest absolute Gasteiger partial charge is 0.306 e. The van der Waals surface area contributed by atoms with Gasteiger partial charge in [-0.25, -0.2) is 0 Å². The third-order valence-electron chi connectivity index (χ3n) is 9.29. The lowest BCUT2D eigenvalue weighted by Crippen LogP contribution is -2.30. The second kappa shape index (κ2) is 36.7. The molecule has 0 aliphatic heterocycles. The summed E-state index contributed by atoms with van der Waals surface area (Å²) < 4.78 is 16.6. The molecule has 0 unspecified atom stereocenters. The Labute approximate surface area is 298 Å². The van der Waals surface area contributed by atoms with Gasteiger partial charge in [-0.3, -0.25) is 14.4 Å². The average Bonchev–Trinajstić information content (AvgIpc) is 3.06. The van der Waals surface area contributed by atoms with Crippen LogP contribution in [0.1, 0.15) is 227 Å². The monoisotopic (exact) mass is 681 g/mol. The van der Waals surface area contributed by atoms with Crippen molar-refractivity contribution in [3.8, 4) is 0 Å². The van der Waals surface area contributed by atoms with Gasteiger partial charge in [0.25, 0.3) is 0 Å². The van der Waals surface area contributed by atoms with Crippen LogP contribution in [0.15, 0.2) is 0 Å². The van der Waals surface area contributed by atoms with Gasteiger partial charge in [-0.1, -0.05) is 188 Å². The minimum Gasteiger partial charge on any atom is -0.462 e. The zero-order chi connectivity index (χ0) is 35.3. The Kier molecular flexibility index (Phi) is 35.5. The lowest BCUT2D eigenvalue weighted by atomic mass is 10.0. The molecular formula is C42H80O6. The Morgan fingerprint density at radius 2 is 0.688 bits per heavy atom. The van der Waals surface area contributed by atoms with E-state index in [-0.39, 0.29) is 31.1 Å². The van der Waals surface area contributed by atoms with E-state index >= 15 is 0 Å². The van der Waals surface area contributed by atoms with Crippen molar-refractivity contribution in [3.05, 3.63) is 0 Å². The standard InChI is InChI=1S/C42H80O6/c1-5-7-9-11-13-14-18-22-26-30-34-41(44)47-37-39(36-46-40(43)33-29-25-20-12-10-8-6-2)48-42(45)35-31-27-23-19-16-15-17-21-24-28-32-38(3)4/h38-39H,5-37H2,1-4H3/t39-/m1/s1. The first-order chi connectivity index (χ1) is 23.4. The molecule has 0 bridgehead atoms. The molecule has 48 heavy (non-hydrogen) atoms. The maximum atomic E-state index is 12.6. The molecule has 284 valence electrons. The number of carbonyl (C=O) groups is 3. The fourth-order valence-corrected chi connectivity index (χ4v) is 6.10. The molecule has 1 atom stereocenters. The van der Waals surface area contributed by atoms with Crippen LogP contribution in [0.3, 0.4) is 0 Å². The van der Waals surface area contributed by atoms with Crippen LogP contribution in [0.5, 0.6) is 0 Å². The Morgan fingerprint density at radius 1 is 0.396 bits per heavy atom. The summed E-state index contributed by atoms with van der Waals surface area (Å²) in [4.78, 5) is 37.4. The Balaban J connectivity index is 4.30. The summed E-state index contributed by atoms with van der Waals surface area (Å²) >= 11 is 0. The minimum absolute atomic E-state index is 0.0650. The predicted molar refractivity (Wildman–Crippen MR) is 201 cm³/mol. The lowest BCUT2D eigenvalue weighted by Gasteiger charge is -2.18. The van der Waals surface area contributed by atoms with Crippen molar-refractivity contribution in [2.45, 2.75) is 233 Å². The van der Waals surface area contributed by atoms with Crippen LogP contribution in [-0.2, 0) is 28.6 Å². The van der Waals surface area contributed by atoms with Crippen molar-refractivity contribution in [1.82, 2.24) is 0 Å². The third kappa shape index (κ3) is 35.7. The highest BCUT2D eigenvalue weighted by molar-refractivity contribution is 5.71. The molecule has 0 N–H and O–H groups in total. The van der Waals surface area contributed by atoms with Crippen LogP contribution < -0.4 is 0 Å². The van der Waals surface area contributed by atoms with E-state index in [1.807, 2.05) is 0 Å². The maximum Gasteiger partial charge on any atom is 0.306 e. The summed E-state index contributed by atoms with van der Waals surface area (Å²) in [6.07, 6.45) is 33.8. The van der Waals surface area contributed by atoms with E-state index in [9.17, 15) is 14.4 Å². The van der Waals surface area contributed by atoms with Crippen LogP contribution in [0.2, 0.25) is 0 Å². The molecule has 0 aromatic carbocycles. The fourth-order valence-electron chi connectivity index (χ4n) is 6.10. The molecule has 0 amide bonds. The van der Waals surface area contributed by atoms with Gasteiger partial charge in [0.15, 0.2) is 6.10 Å². The first-order valence-electron chi connectivity index (χ1n) is 20.9. The van der Waals surface area contributed by atoms with Gasteiger partial charge in [-0.15, -0.1) is 0 Å². The van der Waals surface area contributed by atoms with Crippen molar-refractivity contribution in [2.24, 2.45) is 5.92 Å². The van der Waals surface area contributed by atoms with Crippen LogP contribution in [-0.4, -0.2) is 37.2 Å². The van der Waals surface area contributed by atoms with Gasteiger partial charge in [0, 0.05) is 19.3 Å². The number of esters is 3. The highest BCUT2D eigenvalue weighted by Crippen LogP contribution is 2.15. The highest BCUT2D eigenvalue weighted by atomic mass is 16.6. The predicted octanol–water partition coefficient (Wildman–Crippen LogP) is 12.8. The summed E-state index contributed by atoms with van der Waals surface area (Å²) in [5.41, 5.74) is 0. The first kappa shape index (κ1) is 46.4. The van der Waals surface area contributed by atoms with Gasteiger partial charge in [-0.2, -0.15) is 0 Å². The number of ether oxygens (including phenoxy) is 3. The number of hydrogen-bond acceptors (Lipinski definition) is 6. The van der Waals surface area contributed by atoms with E-state index < -0.39 is 6.10 Å². The quantitative estimate of drug-likeness (QED) is 0.0369. The van der Waals surface area contributed by atoms with Gasteiger partial charge in [-0.05, 0) is 25.2 Å². The van der Waals surface area contributed by atoms with E-state index in [1.54, 1.807) is 0 Å². The van der Waals surface area contributed by atoms with Gasteiger partial charge >= 0.3 is 17.9 Å². The molecule has 0 saturated carbocycles. The number of carbonyl (C=O) groups excluding carboxylic acids is 3. The van der Waals surface area contributed by atoms with Crippen molar-refractivity contribution in [2.75, 3.05) is 13.2 Å².